The molecule has 0 spiro atoms. The van der Waals surface area contributed by atoms with E-state index in [-0.39, 0.29) is 21.9 Å². The number of non-ortho nitro benzene ring substituents is 1. The van der Waals surface area contributed by atoms with Crippen LogP contribution in [0, 0.1) is 15.5 Å². The molecule has 0 bridgehead atoms. The minimum atomic E-state index is -0.363. The quantitative estimate of drug-likeness (QED) is 0.399. The van der Waals surface area contributed by atoms with E-state index in [9.17, 15) is 10.1 Å². The fourth-order valence-corrected chi connectivity index (χ4v) is 3.45. The molecule has 0 amide bonds. The normalized spacial score (nSPS) is 13.1. The molecule has 1 heterocycles. The lowest BCUT2D eigenvalue weighted by Gasteiger charge is -2.31. The van der Waals surface area contributed by atoms with Crippen molar-refractivity contribution in [3.63, 3.8) is 0 Å². The molecular weight excluding hydrogens is 373 g/mol. The molecular formula is C19H19Cl2N3O2. The van der Waals surface area contributed by atoms with Gasteiger partial charge in [-0.1, -0.05) is 56.1 Å². The smallest absolute Gasteiger partial charge is 0.269 e. The van der Waals surface area contributed by atoms with E-state index in [2.05, 4.69) is 25.8 Å². The van der Waals surface area contributed by atoms with Gasteiger partial charge in [0.2, 0.25) is 0 Å². The van der Waals surface area contributed by atoms with E-state index >= 15 is 0 Å². The van der Waals surface area contributed by atoms with Crippen LogP contribution in [0.3, 0.4) is 0 Å². The highest BCUT2D eigenvalue weighted by atomic mass is 35.5. The minimum Gasteiger partial charge on any atom is -0.330 e. The topological polar surface area (TPSA) is 61.0 Å². The predicted molar refractivity (Wildman–Crippen MR) is 105 cm³/mol. The van der Waals surface area contributed by atoms with E-state index in [4.69, 9.17) is 23.2 Å². The third-order valence-electron chi connectivity index (χ3n) is 4.57. The van der Waals surface area contributed by atoms with Crippen molar-refractivity contribution in [3.05, 3.63) is 68.4 Å². The van der Waals surface area contributed by atoms with Gasteiger partial charge in [-0.25, -0.2) is 4.98 Å². The molecule has 5 nitrogen and oxygen atoms in total. The molecule has 0 radical (unpaired) electrons. The van der Waals surface area contributed by atoms with Gasteiger partial charge in [-0.3, -0.25) is 10.1 Å². The second-order valence-electron chi connectivity index (χ2n) is 7.42. The standard InChI is InChI=1S/C19H19Cl2N3O2/c1-19(2,3)14(12-5-4-6-13(7-12)24(25)26)10-23-11-22-17-8-15(20)16(21)9-18(17)23/h4-9,11,14H,10H2,1-3H3. The lowest BCUT2D eigenvalue weighted by Crippen LogP contribution is -2.23. The van der Waals surface area contributed by atoms with Gasteiger partial charge in [0, 0.05) is 24.6 Å². The number of hydrogen-bond acceptors (Lipinski definition) is 3. The summed E-state index contributed by atoms with van der Waals surface area (Å²) in [4.78, 5) is 15.2. The molecule has 0 saturated carbocycles. The molecule has 1 atom stereocenters. The average Bonchev–Trinajstić information content (AvgIpc) is 2.94. The Morgan fingerprint density at radius 2 is 1.88 bits per heavy atom. The fourth-order valence-electron chi connectivity index (χ4n) is 3.13. The fraction of sp³-hybridized carbons (Fsp3) is 0.316. The van der Waals surface area contributed by atoms with Crippen LogP contribution in [0.1, 0.15) is 32.3 Å². The number of nitrogens with zero attached hydrogens (tertiary/aromatic N) is 3. The Hall–Kier alpha value is -2.11. The van der Waals surface area contributed by atoms with Gasteiger partial charge in [-0.2, -0.15) is 0 Å². The molecule has 2 aromatic carbocycles. The van der Waals surface area contributed by atoms with Gasteiger partial charge in [-0.05, 0) is 23.1 Å². The first-order valence-corrected chi connectivity index (χ1v) is 8.96. The number of benzene rings is 2. The van der Waals surface area contributed by atoms with Gasteiger partial charge in [0.25, 0.3) is 5.69 Å². The third kappa shape index (κ3) is 3.69. The van der Waals surface area contributed by atoms with E-state index in [1.54, 1.807) is 30.6 Å². The number of rotatable bonds is 4. The molecule has 1 aromatic heterocycles. The molecule has 0 aliphatic heterocycles. The predicted octanol–water partition coefficient (Wildman–Crippen LogP) is 6.08. The number of fused-ring (bicyclic) bond motifs is 1. The van der Waals surface area contributed by atoms with Gasteiger partial charge in [0.1, 0.15) is 0 Å². The maximum Gasteiger partial charge on any atom is 0.269 e. The Labute approximate surface area is 161 Å². The zero-order chi connectivity index (χ0) is 19.1. The number of nitro groups is 1. The van der Waals surface area contributed by atoms with Gasteiger partial charge in [-0.15, -0.1) is 0 Å². The first-order valence-electron chi connectivity index (χ1n) is 8.21. The molecule has 1 unspecified atom stereocenters. The molecule has 3 rings (SSSR count). The van der Waals surface area contributed by atoms with Crippen LogP contribution >= 0.6 is 23.2 Å². The van der Waals surface area contributed by atoms with Crippen LogP contribution in [-0.4, -0.2) is 14.5 Å². The molecule has 136 valence electrons. The van der Waals surface area contributed by atoms with Crippen molar-refractivity contribution in [2.75, 3.05) is 0 Å². The molecule has 0 aliphatic carbocycles. The summed E-state index contributed by atoms with van der Waals surface area (Å²) in [5, 5.41) is 12.1. The van der Waals surface area contributed by atoms with Gasteiger partial charge >= 0.3 is 0 Å². The van der Waals surface area contributed by atoms with Crippen molar-refractivity contribution >= 4 is 39.9 Å². The monoisotopic (exact) mass is 391 g/mol. The van der Waals surface area contributed by atoms with Crippen LogP contribution in [-0.2, 0) is 6.54 Å². The van der Waals surface area contributed by atoms with Crippen LogP contribution in [0.2, 0.25) is 10.0 Å². The van der Waals surface area contributed by atoms with Crippen molar-refractivity contribution < 1.29 is 4.92 Å². The SMILES string of the molecule is CC(C)(C)C(Cn1cnc2cc(Cl)c(Cl)cc21)c1cccc([N+](=O)[O-])c1. The number of hydrogen-bond donors (Lipinski definition) is 0. The first-order chi connectivity index (χ1) is 12.2. The number of imidazole rings is 1. The van der Waals surface area contributed by atoms with E-state index < -0.39 is 0 Å². The zero-order valence-corrected chi connectivity index (χ0v) is 16.3. The number of halogens is 2. The summed E-state index contributed by atoms with van der Waals surface area (Å²) >= 11 is 12.2. The first kappa shape index (κ1) is 18.7. The van der Waals surface area contributed by atoms with Crippen molar-refractivity contribution in [2.24, 2.45) is 5.41 Å². The van der Waals surface area contributed by atoms with Crippen LogP contribution in [0.5, 0.6) is 0 Å². The largest absolute Gasteiger partial charge is 0.330 e. The summed E-state index contributed by atoms with van der Waals surface area (Å²) in [7, 11) is 0. The van der Waals surface area contributed by atoms with Crippen molar-refractivity contribution in [1.82, 2.24) is 9.55 Å². The van der Waals surface area contributed by atoms with Crippen LogP contribution in [0.4, 0.5) is 5.69 Å². The van der Waals surface area contributed by atoms with Crippen LogP contribution < -0.4 is 0 Å². The van der Waals surface area contributed by atoms with Crippen LogP contribution in [0.25, 0.3) is 11.0 Å². The summed E-state index contributed by atoms with van der Waals surface area (Å²) in [6, 6.07) is 10.4. The summed E-state index contributed by atoms with van der Waals surface area (Å²) in [6.07, 6.45) is 1.76. The third-order valence-corrected chi connectivity index (χ3v) is 5.29. The molecule has 3 aromatic rings. The average molecular weight is 392 g/mol. The maximum absolute atomic E-state index is 11.1. The zero-order valence-electron chi connectivity index (χ0n) is 14.7. The van der Waals surface area contributed by atoms with Gasteiger partial charge in [0.15, 0.2) is 0 Å². The highest BCUT2D eigenvalue weighted by Gasteiger charge is 2.28. The molecule has 26 heavy (non-hydrogen) atoms. The molecule has 0 N–H and O–H groups in total. The summed E-state index contributed by atoms with van der Waals surface area (Å²) in [5.74, 6) is 0.0502. The number of nitro benzene ring substituents is 1. The Morgan fingerprint density at radius 1 is 1.19 bits per heavy atom. The van der Waals surface area contributed by atoms with E-state index in [1.807, 2.05) is 10.6 Å². The Morgan fingerprint density at radius 3 is 2.54 bits per heavy atom. The Balaban J connectivity index is 2.05. The van der Waals surface area contributed by atoms with E-state index in [0.717, 1.165) is 16.6 Å². The lowest BCUT2D eigenvalue weighted by molar-refractivity contribution is -0.384. The van der Waals surface area contributed by atoms with Crippen molar-refractivity contribution in [1.29, 1.82) is 0 Å². The Kier molecular flexibility index (Phi) is 4.95. The second kappa shape index (κ2) is 6.89. The molecule has 0 fully saturated rings. The van der Waals surface area contributed by atoms with Crippen molar-refractivity contribution in [2.45, 2.75) is 33.2 Å². The molecule has 0 aliphatic rings. The second-order valence-corrected chi connectivity index (χ2v) is 8.24. The summed E-state index contributed by atoms with van der Waals surface area (Å²) in [6.45, 7) is 7.00. The Bertz CT molecular complexity index is 977. The van der Waals surface area contributed by atoms with Gasteiger partial charge < -0.3 is 4.57 Å². The minimum absolute atomic E-state index is 0.0502. The van der Waals surface area contributed by atoms with E-state index in [0.29, 0.717) is 16.6 Å². The highest BCUT2D eigenvalue weighted by molar-refractivity contribution is 6.42. The molecule has 0 saturated heterocycles. The number of aromatic nitrogens is 2. The van der Waals surface area contributed by atoms with Gasteiger partial charge in [0.05, 0.1) is 32.3 Å². The molecule has 7 heteroatoms. The summed E-state index contributed by atoms with van der Waals surface area (Å²) in [5.41, 5.74) is 2.57. The van der Waals surface area contributed by atoms with E-state index in [1.165, 1.54) is 6.07 Å². The lowest BCUT2D eigenvalue weighted by atomic mass is 9.76. The van der Waals surface area contributed by atoms with Crippen molar-refractivity contribution in [3.8, 4) is 0 Å². The maximum atomic E-state index is 11.1. The van der Waals surface area contributed by atoms with Crippen LogP contribution in [0.15, 0.2) is 42.7 Å². The highest BCUT2D eigenvalue weighted by Crippen LogP contribution is 2.38. The summed E-state index contributed by atoms with van der Waals surface area (Å²) < 4.78 is 2.02.